The monoisotopic (exact) mass is 297 g/mol. The highest BCUT2D eigenvalue weighted by atomic mass is 32.2. The van der Waals surface area contributed by atoms with Gasteiger partial charge in [0.05, 0.1) is 13.5 Å². The van der Waals surface area contributed by atoms with E-state index in [0.29, 0.717) is 5.69 Å². The van der Waals surface area contributed by atoms with Crippen LogP contribution in [0, 0.1) is 6.92 Å². The Morgan fingerprint density at radius 1 is 1.35 bits per heavy atom. The second-order valence-electron chi connectivity index (χ2n) is 4.48. The van der Waals surface area contributed by atoms with Crippen molar-refractivity contribution in [2.75, 3.05) is 18.2 Å². The third kappa shape index (κ3) is 5.13. The van der Waals surface area contributed by atoms with Gasteiger partial charge in [0.1, 0.15) is 5.75 Å². The highest BCUT2D eigenvalue weighted by Gasteiger charge is 2.19. The van der Waals surface area contributed by atoms with Crippen LogP contribution in [-0.2, 0) is 25.1 Å². The number of nitrogens with one attached hydrogen (secondary N) is 1. The summed E-state index contributed by atoms with van der Waals surface area (Å²) < 4.78 is 16.4. The Labute approximate surface area is 121 Å². The van der Waals surface area contributed by atoms with E-state index in [0.717, 1.165) is 5.56 Å². The number of esters is 1. The molecule has 0 radical (unpaired) electrons. The zero-order valence-electron chi connectivity index (χ0n) is 11.8. The summed E-state index contributed by atoms with van der Waals surface area (Å²) in [6.45, 7) is 3.54. The fraction of sp³-hybridized carbons (Fsp3) is 0.429. The van der Waals surface area contributed by atoms with Gasteiger partial charge in [0, 0.05) is 21.7 Å². The third-order valence-corrected chi connectivity index (χ3v) is 4.43. The van der Waals surface area contributed by atoms with E-state index in [2.05, 4.69) is 10.1 Å². The van der Waals surface area contributed by atoms with Crippen molar-refractivity contribution in [3.05, 3.63) is 29.8 Å². The van der Waals surface area contributed by atoms with Crippen LogP contribution >= 0.6 is 0 Å². The van der Waals surface area contributed by atoms with Gasteiger partial charge in [-0.25, -0.2) is 0 Å². The first-order valence-corrected chi connectivity index (χ1v) is 7.61. The van der Waals surface area contributed by atoms with E-state index in [4.69, 9.17) is 0 Å². The summed E-state index contributed by atoms with van der Waals surface area (Å²) in [6, 6.07) is 7.36. The van der Waals surface area contributed by atoms with Crippen LogP contribution in [0.4, 0.5) is 5.69 Å². The maximum absolute atomic E-state index is 11.9. The largest absolute Gasteiger partial charge is 0.469 e. The van der Waals surface area contributed by atoms with Crippen LogP contribution in [0.5, 0.6) is 0 Å². The van der Waals surface area contributed by atoms with Gasteiger partial charge in [-0.15, -0.1) is 0 Å². The van der Waals surface area contributed by atoms with Crippen LogP contribution < -0.4 is 5.32 Å². The Kier molecular flexibility index (Phi) is 6.38. The van der Waals surface area contributed by atoms with E-state index < -0.39 is 22.0 Å². The average Bonchev–Trinajstić information content (AvgIpc) is 2.41. The van der Waals surface area contributed by atoms with Crippen molar-refractivity contribution in [1.29, 1.82) is 0 Å². The molecule has 6 heteroatoms. The highest BCUT2D eigenvalue weighted by molar-refractivity contribution is 7.86. The van der Waals surface area contributed by atoms with Gasteiger partial charge in [-0.3, -0.25) is 13.8 Å². The average molecular weight is 297 g/mol. The quantitative estimate of drug-likeness (QED) is 0.810. The van der Waals surface area contributed by atoms with Gasteiger partial charge in [0.25, 0.3) is 0 Å². The van der Waals surface area contributed by atoms with Crippen LogP contribution in [-0.4, -0.2) is 34.2 Å². The van der Waals surface area contributed by atoms with Crippen molar-refractivity contribution >= 4 is 28.4 Å². The molecular weight excluding hydrogens is 278 g/mol. The number of aryl methyl sites for hydroxylation is 1. The molecule has 0 bridgehead atoms. The molecule has 0 aliphatic carbocycles. The standard InChI is InChI=1S/C14H19NO4S/c1-10-6-4-5-7-12(10)15-13(16)9-20(18)11(2)8-14(17)19-3/h4-7,11H,8-9H2,1-3H3,(H,15,16). The van der Waals surface area contributed by atoms with Crippen molar-refractivity contribution in [2.24, 2.45) is 0 Å². The van der Waals surface area contributed by atoms with E-state index in [1.54, 1.807) is 13.0 Å². The number of hydrogen-bond donors (Lipinski definition) is 1. The molecule has 0 fully saturated rings. The molecule has 1 amide bonds. The molecule has 110 valence electrons. The van der Waals surface area contributed by atoms with E-state index >= 15 is 0 Å². The summed E-state index contributed by atoms with van der Waals surface area (Å²) in [7, 11) is -0.130. The van der Waals surface area contributed by atoms with Gasteiger partial charge in [-0.2, -0.15) is 0 Å². The third-order valence-electron chi connectivity index (χ3n) is 2.82. The second kappa shape index (κ2) is 7.79. The molecule has 2 unspecified atom stereocenters. The van der Waals surface area contributed by atoms with Gasteiger partial charge < -0.3 is 10.1 Å². The number of benzene rings is 1. The molecule has 0 heterocycles. The lowest BCUT2D eigenvalue weighted by molar-refractivity contribution is -0.140. The van der Waals surface area contributed by atoms with Gasteiger partial charge in [-0.05, 0) is 18.6 Å². The summed E-state index contributed by atoms with van der Waals surface area (Å²) in [5, 5.41) is 2.30. The van der Waals surface area contributed by atoms with Crippen molar-refractivity contribution < 1.29 is 18.5 Å². The lowest BCUT2D eigenvalue weighted by Crippen LogP contribution is -2.26. The molecule has 2 atom stereocenters. The van der Waals surface area contributed by atoms with E-state index in [-0.39, 0.29) is 18.1 Å². The molecule has 1 aromatic carbocycles. The fourth-order valence-electron chi connectivity index (χ4n) is 1.58. The van der Waals surface area contributed by atoms with Crippen LogP contribution in [0.15, 0.2) is 24.3 Å². The normalized spacial score (nSPS) is 13.3. The molecule has 0 spiro atoms. The number of para-hydroxylation sites is 1. The molecule has 0 aromatic heterocycles. The molecule has 5 nitrogen and oxygen atoms in total. The van der Waals surface area contributed by atoms with Crippen molar-refractivity contribution in [1.82, 2.24) is 0 Å². The summed E-state index contributed by atoms with van der Waals surface area (Å²) in [5.74, 6) is -0.883. The fourth-order valence-corrected chi connectivity index (χ4v) is 2.52. The minimum atomic E-state index is -1.41. The number of amides is 1. The van der Waals surface area contributed by atoms with E-state index in [1.165, 1.54) is 7.11 Å². The number of hydrogen-bond acceptors (Lipinski definition) is 4. The predicted molar refractivity (Wildman–Crippen MR) is 78.9 cm³/mol. The molecule has 20 heavy (non-hydrogen) atoms. The summed E-state index contributed by atoms with van der Waals surface area (Å²) in [4.78, 5) is 22.9. The first kappa shape index (κ1) is 16.4. The smallest absolute Gasteiger partial charge is 0.306 e. The second-order valence-corrected chi connectivity index (χ2v) is 6.33. The first-order chi connectivity index (χ1) is 9.43. The maximum atomic E-state index is 11.9. The van der Waals surface area contributed by atoms with Crippen LogP contribution in [0.25, 0.3) is 0 Å². The summed E-state index contributed by atoms with van der Waals surface area (Å²) in [6.07, 6.45) is 0.0424. The first-order valence-electron chi connectivity index (χ1n) is 6.23. The Morgan fingerprint density at radius 2 is 2.00 bits per heavy atom. The zero-order chi connectivity index (χ0) is 15.1. The molecular formula is C14H19NO4S. The molecule has 0 aliphatic rings. The number of carbonyl (C=O) groups is 2. The predicted octanol–water partition coefficient (Wildman–Crippen LogP) is 1.63. The molecule has 0 aliphatic heterocycles. The van der Waals surface area contributed by atoms with Gasteiger partial charge in [0.2, 0.25) is 5.91 Å². The van der Waals surface area contributed by atoms with E-state index in [9.17, 15) is 13.8 Å². The van der Waals surface area contributed by atoms with Crippen LogP contribution in [0.1, 0.15) is 18.9 Å². The number of anilines is 1. The Hall–Kier alpha value is -1.69. The lowest BCUT2D eigenvalue weighted by Gasteiger charge is -2.11. The minimum absolute atomic E-state index is 0.0424. The Bertz CT molecular complexity index is 516. The SMILES string of the molecule is COC(=O)CC(C)S(=O)CC(=O)Nc1ccccc1C. The number of carbonyl (C=O) groups excluding carboxylic acids is 2. The summed E-state index contributed by atoms with van der Waals surface area (Å²) >= 11 is 0. The van der Waals surface area contributed by atoms with Crippen LogP contribution in [0.3, 0.4) is 0 Å². The van der Waals surface area contributed by atoms with Gasteiger partial charge >= 0.3 is 5.97 Å². The zero-order valence-corrected chi connectivity index (χ0v) is 12.7. The topological polar surface area (TPSA) is 72.5 Å². The highest BCUT2D eigenvalue weighted by Crippen LogP contribution is 2.13. The lowest BCUT2D eigenvalue weighted by atomic mass is 10.2. The number of rotatable bonds is 6. The van der Waals surface area contributed by atoms with Gasteiger partial charge in [-0.1, -0.05) is 25.1 Å². The Morgan fingerprint density at radius 3 is 2.60 bits per heavy atom. The molecule has 1 aromatic rings. The minimum Gasteiger partial charge on any atom is -0.469 e. The van der Waals surface area contributed by atoms with Gasteiger partial charge in [0.15, 0.2) is 0 Å². The Balaban J connectivity index is 2.52. The molecule has 0 saturated heterocycles. The molecule has 0 saturated carbocycles. The van der Waals surface area contributed by atoms with Crippen molar-refractivity contribution in [3.8, 4) is 0 Å². The van der Waals surface area contributed by atoms with E-state index in [1.807, 2.05) is 25.1 Å². The molecule has 1 N–H and O–H groups in total. The van der Waals surface area contributed by atoms with Crippen molar-refractivity contribution in [2.45, 2.75) is 25.5 Å². The van der Waals surface area contributed by atoms with Crippen LogP contribution in [0.2, 0.25) is 0 Å². The van der Waals surface area contributed by atoms with Crippen molar-refractivity contribution in [3.63, 3.8) is 0 Å². The number of ether oxygens (including phenoxy) is 1. The number of methoxy groups -OCH3 is 1. The summed E-state index contributed by atoms with van der Waals surface area (Å²) in [5.41, 5.74) is 1.64. The molecule has 1 rings (SSSR count). The maximum Gasteiger partial charge on any atom is 0.306 e.